The lowest BCUT2D eigenvalue weighted by atomic mass is 9.69. The summed E-state index contributed by atoms with van der Waals surface area (Å²) in [7, 11) is 0. The van der Waals surface area contributed by atoms with Crippen molar-refractivity contribution in [2.75, 3.05) is 6.54 Å². The number of nitrogens with zero attached hydrogens (tertiary/aromatic N) is 1. The van der Waals surface area contributed by atoms with E-state index in [-0.39, 0.29) is 11.3 Å². The molecule has 0 saturated heterocycles. The van der Waals surface area contributed by atoms with Gasteiger partial charge in [0.25, 0.3) is 0 Å². The Morgan fingerprint density at radius 1 is 1.08 bits per heavy atom. The molecule has 0 heterocycles. The Morgan fingerprint density at radius 2 is 1.71 bits per heavy atom. The maximum Gasteiger partial charge on any atom is 0.235 e. The van der Waals surface area contributed by atoms with Crippen LogP contribution in [-0.4, -0.2) is 24.0 Å². The average molecular weight is 334 g/mol. The Morgan fingerprint density at radius 3 is 2.29 bits per heavy atom. The van der Waals surface area contributed by atoms with E-state index in [9.17, 15) is 10.1 Å². The van der Waals surface area contributed by atoms with Gasteiger partial charge in [0, 0.05) is 6.04 Å². The molecule has 4 heteroatoms. The quantitative estimate of drug-likeness (QED) is 0.767. The summed E-state index contributed by atoms with van der Waals surface area (Å²) in [4.78, 5) is 12.5. The van der Waals surface area contributed by atoms with Crippen molar-refractivity contribution in [2.45, 2.75) is 96.6 Å². The molecular formula is C20H35N3O. The van der Waals surface area contributed by atoms with Gasteiger partial charge in [-0.15, -0.1) is 0 Å². The molecule has 2 atom stereocenters. The van der Waals surface area contributed by atoms with E-state index in [0.29, 0.717) is 18.5 Å². The van der Waals surface area contributed by atoms with Crippen LogP contribution < -0.4 is 10.6 Å². The van der Waals surface area contributed by atoms with Crippen molar-refractivity contribution in [1.82, 2.24) is 10.6 Å². The number of nitrogens with one attached hydrogen (secondary N) is 2. The lowest BCUT2D eigenvalue weighted by Crippen LogP contribution is -2.52. The van der Waals surface area contributed by atoms with Gasteiger partial charge < -0.3 is 10.6 Å². The van der Waals surface area contributed by atoms with E-state index < -0.39 is 5.54 Å². The molecule has 2 saturated carbocycles. The van der Waals surface area contributed by atoms with Crippen molar-refractivity contribution in [3.63, 3.8) is 0 Å². The second kappa shape index (κ2) is 8.34. The van der Waals surface area contributed by atoms with Crippen molar-refractivity contribution in [3.8, 4) is 6.07 Å². The van der Waals surface area contributed by atoms with Crippen LogP contribution in [0.15, 0.2) is 0 Å². The summed E-state index contributed by atoms with van der Waals surface area (Å²) >= 11 is 0. The monoisotopic (exact) mass is 333 g/mol. The molecule has 2 aliphatic rings. The van der Waals surface area contributed by atoms with Gasteiger partial charge in [-0.1, -0.05) is 59.3 Å². The van der Waals surface area contributed by atoms with Crippen LogP contribution in [0.1, 0.15) is 85.0 Å². The Balaban J connectivity index is 1.88. The summed E-state index contributed by atoms with van der Waals surface area (Å²) in [6.07, 6.45) is 10.9. The first-order valence-electron chi connectivity index (χ1n) is 9.82. The molecule has 2 fully saturated rings. The highest BCUT2D eigenvalue weighted by atomic mass is 16.2. The van der Waals surface area contributed by atoms with Gasteiger partial charge in [0.05, 0.1) is 12.6 Å². The number of rotatable bonds is 4. The first-order valence-corrected chi connectivity index (χ1v) is 9.82. The van der Waals surface area contributed by atoms with Gasteiger partial charge >= 0.3 is 0 Å². The van der Waals surface area contributed by atoms with Crippen LogP contribution in [-0.2, 0) is 4.79 Å². The van der Waals surface area contributed by atoms with Crippen LogP contribution in [0, 0.1) is 22.7 Å². The van der Waals surface area contributed by atoms with Gasteiger partial charge in [-0.3, -0.25) is 4.79 Å². The summed E-state index contributed by atoms with van der Waals surface area (Å²) in [6, 6.07) is 2.81. The van der Waals surface area contributed by atoms with Crippen LogP contribution in [0.5, 0.6) is 0 Å². The van der Waals surface area contributed by atoms with Crippen molar-refractivity contribution in [3.05, 3.63) is 0 Å². The fourth-order valence-electron chi connectivity index (χ4n) is 4.54. The fourth-order valence-corrected chi connectivity index (χ4v) is 4.54. The van der Waals surface area contributed by atoms with Crippen molar-refractivity contribution in [1.29, 1.82) is 5.26 Å². The van der Waals surface area contributed by atoms with Gasteiger partial charge in [-0.25, -0.2) is 0 Å². The molecule has 2 rings (SSSR count). The maximum absolute atomic E-state index is 12.5. The first kappa shape index (κ1) is 19.2. The summed E-state index contributed by atoms with van der Waals surface area (Å²) < 4.78 is 0. The number of nitriles is 1. The molecular weight excluding hydrogens is 298 g/mol. The summed E-state index contributed by atoms with van der Waals surface area (Å²) in [5.74, 6) is 0.596. The highest BCUT2D eigenvalue weighted by molar-refractivity contribution is 5.79. The van der Waals surface area contributed by atoms with Crippen LogP contribution in [0.4, 0.5) is 0 Å². The zero-order chi connectivity index (χ0) is 17.6. The molecule has 24 heavy (non-hydrogen) atoms. The average Bonchev–Trinajstić information content (AvgIpc) is 2.78. The maximum atomic E-state index is 12.5. The van der Waals surface area contributed by atoms with E-state index in [2.05, 4.69) is 37.5 Å². The highest BCUT2D eigenvalue weighted by Crippen LogP contribution is 2.37. The molecule has 0 aliphatic heterocycles. The molecule has 1 amide bonds. The Labute approximate surface area is 147 Å². The standard InChI is InChI=1S/C20H35N3O/c1-19(2,3)16-10-6-7-11-17(16)22-14-18(24)23-20(15-21)12-8-4-5-9-13-20/h16-17,22H,4-14H2,1-3H3,(H,23,24). The van der Waals surface area contributed by atoms with Crippen molar-refractivity contribution < 1.29 is 4.79 Å². The predicted molar refractivity (Wildman–Crippen MR) is 97.4 cm³/mol. The second-order valence-corrected chi connectivity index (χ2v) is 8.90. The van der Waals surface area contributed by atoms with Gasteiger partial charge in [0.15, 0.2) is 0 Å². The molecule has 0 aromatic carbocycles. The normalized spacial score (nSPS) is 27.8. The van der Waals surface area contributed by atoms with Gasteiger partial charge in [0.2, 0.25) is 5.91 Å². The second-order valence-electron chi connectivity index (χ2n) is 8.90. The molecule has 0 bridgehead atoms. The molecule has 0 aromatic rings. The number of amides is 1. The number of carbonyl (C=O) groups excluding carboxylic acids is 1. The molecule has 2 aliphatic carbocycles. The SMILES string of the molecule is CC(C)(C)C1CCCCC1NCC(=O)NC1(C#N)CCCCCC1. The molecule has 2 unspecified atom stereocenters. The van der Waals surface area contributed by atoms with E-state index >= 15 is 0 Å². The van der Waals surface area contributed by atoms with E-state index in [1.54, 1.807) is 0 Å². The van der Waals surface area contributed by atoms with Crippen molar-refractivity contribution in [2.24, 2.45) is 11.3 Å². The Bertz CT molecular complexity index is 452. The van der Waals surface area contributed by atoms with Crippen molar-refractivity contribution >= 4 is 5.91 Å². The van der Waals surface area contributed by atoms with E-state index in [0.717, 1.165) is 32.1 Å². The van der Waals surface area contributed by atoms with Gasteiger partial charge in [-0.2, -0.15) is 5.26 Å². The van der Waals surface area contributed by atoms with E-state index in [1.807, 2.05) is 0 Å². The topological polar surface area (TPSA) is 64.9 Å². The van der Waals surface area contributed by atoms with Crippen LogP contribution in [0.2, 0.25) is 0 Å². The smallest absolute Gasteiger partial charge is 0.235 e. The van der Waals surface area contributed by atoms with Crippen LogP contribution in [0.25, 0.3) is 0 Å². The molecule has 2 N–H and O–H groups in total. The van der Waals surface area contributed by atoms with Gasteiger partial charge in [-0.05, 0) is 37.0 Å². The molecule has 136 valence electrons. The highest BCUT2D eigenvalue weighted by Gasteiger charge is 2.35. The lowest BCUT2D eigenvalue weighted by Gasteiger charge is -2.41. The third-order valence-corrected chi connectivity index (χ3v) is 5.95. The summed E-state index contributed by atoms with van der Waals surface area (Å²) in [5.41, 5.74) is -0.366. The minimum absolute atomic E-state index is 0.0170. The van der Waals surface area contributed by atoms with E-state index in [1.165, 1.54) is 32.1 Å². The number of hydrogen-bond acceptors (Lipinski definition) is 3. The molecule has 0 radical (unpaired) electrons. The Hall–Kier alpha value is -1.08. The molecule has 4 nitrogen and oxygen atoms in total. The van der Waals surface area contributed by atoms with Crippen LogP contribution >= 0.6 is 0 Å². The van der Waals surface area contributed by atoms with Gasteiger partial charge in [0.1, 0.15) is 5.54 Å². The predicted octanol–water partition coefficient (Wildman–Crippen LogP) is 3.91. The minimum Gasteiger partial charge on any atom is -0.337 e. The van der Waals surface area contributed by atoms with Crippen LogP contribution in [0.3, 0.4) is 0 Å². The Kier molecular flexibility index (Phi) is 6.69. The first-order chi connectivity index (χ1) is 11.4. The lowest BCUT2D eigenvalue weighted by molar-refractivity contribution is -0.122. The summed E-state index contributed by atoms with van der Waals surface area (Å²) in [6.45, 7) is 7.23. The summed E-state index contributed by atoms with van der Waals surface area (Å²) in [5, 5.41) is 16.2. The zero-order valence-corrected chi connectivity index (χ0v) is 15.8. The largest absolute Gasteiger partial charge is 0.337 e. The third kappa shape index (κ3) is 5.21. The van der Waals surface area contributed by atoms with E-state index in [4.69, 9.17) is 0 Å². The fraction of sp³-hybridized carbons (Fsp3) is 0.900. The zero-order valence-electron chi connectivity index (χ0n) is 15.8. The minimum atomic E-state index is -0.634. The third-order valence-electron chi connectivity index (χ3n) is 5.95. The molecule has 0 aromatic heterocycles. The number of hydrogen-bond donors (Lipinski definition) is 2. The number of carbonyl (C=O) groups is 1. The molecule has 0 spiro atoms.